The van der Waals surface area contributed by atoms with Crippen LogP contribution >= 0.6 is 12.2 Å². The molecule has 0 aliphatic carbocycles. The molecule has 2 aliphatic rings. The highest BCUT2D eigenvalue weighted by Crippen LogP contribution is 2.44. The van der Waals surface area contributed by atoms with Gasteiger partial charge in [-0.25, -0.2) is 0 Å². The highest BCUT2D eigenvalue weighted by Gasteiger charge is 2.49. The number of aromatic nitrogens is 1. The van der Waals surface area contributed by atoms with Crippen LogP contribution < -0.4 is 4.74 Å². The predicted molar refractivity (Wildman–Crippen MR) is 108 cm³/mol. The molecular weight excluding hydrogens is 396 g/mol. The Bertz CT molecular complexity index is 1150. The van der Waals surface area contributed by atoms with E-state index in [4.69, 9.17) is 12.2 Å². The molecule has 5 rings (SSSR count). The molecule has 1 amide bonds. The summed E-state index contributed by atoms with van der Waals surface area (Å²) in [5, 5.41) is 1.48. The van der Waals surface area contributed by atoms with Crippen LogP contribution in [0.4, 0.5) is 8.78 Å². The minimum Gasteiger partial charge on any atom is -0.435 e. The molecule has 2 aliphatic heterocycles. The standard InChI is InChI=1S/C21H17F2N3O2S/c1-25-19(27)16-10-14-13-7-2-3-8-15(13)24-17(14)18(26(16)21(25)29)11-5-4-6-12(9-11)28-20(22)23/h2-9,16,18,20,24H,10H2,1H3/t16-,18+/m0/s1. The number of benzene rings is 2. The number of hydrogen-bond donors (Lipinski definition) is 1. The summed E-state index contributed by atoms with van der Waals surface area (Å²) in [6.45, 7) is -2.91. The van der Waals surface area contributed by atoms with Crippen LogP contribution in [0.1, 0.15) is 22.9 Å². The van der Waals surface area contributed by atoms with E-state index < -0.39 is 18.7 Å². The molecule has 8 heteroatoms. The molecule has 1 N–H and O–H groups in total. The zero-order valence-electron chi connectivity index (χ0n) is 15.4. The van der Waals surface area contributed by atoms with E-state index in [0.717, 1.165) is 27.7 Å². The molecule has 0 radical (unpaired) electrons. The molecule has 1 fully saturated rings. The second-order valence-corrected chi connectivity index (χ2v) is 7.59. The second-order valence-electron chi connectivity index (χ2n) is 7.22. The summed E-state index contributed by atoms with van der Waals surface area (Å²) >= 11 is 5.57. The molecular formula is C21H17F2N3O2S. The van der Waals surface area contributed by atoms with Gasteiger partial charge in [-0.2, -0.15) is 8.78 Å². The Labute approximate surface area is 170 Å². The van der Waals surface area contributed by atoms with Crippen molar-refractivity contribution in [1.29, 1.82) is 0 Å². The maximum Gasteiger partial charge on any atom is 0.387 e. The van der Waals surface area contributed by atoms with Gasteiger partial charge in [-0.15, -0.1) is 0 Å². The van der Waals surface area contributed by atoms with E-state index in [9.17, 15) is 13.6 Å². The van der Waals surface area contributed by atoms with Crippen LogP contribution in [-0.2, 0) is 11.2 Å². The van der Waals surface area contributed by atoms with E-state index in [2.05, 4.69) is 9.72 Å². The number of nitrogens with one attached hydrogen (secondary N) is 1. The molecule has 3 heterocycles. The quantitative estimate of drug-likeness (QED) is 0.663. The van der Waals surface area contributed by atoms with Crippen molar-refractivity contribution in [3.05, 3.63) is 65.4 Å². The number of amides is 1. The molecule has 0 spiro atoms. The lowest BCUT2D eigenvalue weighted by molar-refractivity contribution is -0.127. The van der Waals surface area contributed by atoms with Crippen molar-refractivity contribution >= 4 is 34.1 Å². The third-order valence-electron chi connectivity index (χ3n) is 5.65. The number of alkyl halides is 2. The summed E-state index contributed by atoms with van der Waals surface area (Å²) in [6, 6.07) is 13.7. The van der Waals surface area contributed by atoms with Crippen molar-refractivity contribution in [1.82, 2.24) is 14.8 Å². The molecule has 0 saturated carbocycles. The fourth-order valence-electron chi connectivity index (χ4n) is 4.41. The number of thiocarbonyl (C=S) groups is 1. The minimum atomic E-state index is -2.91. The first-order valence-electron chi connectivity index (χ1n) is 9.20. The SMILES string of the molecule is CN1C(=O)[C@@H]2Cc3c([nH]c4ccccc34)[C@@H](c3cccc(OC(F)F)c3)N2C1=S. The molecule has 1 aromatic heterocycles. The highest BCUT2D eigenvalue weighted by atomic mass is 32.1. The lowest BCUT2D eigenvalue weighted by atomic mass is 9.89. The Morgan fingerprint density at radius 3 is 2.79 bits per heavy atom. The molecule has 148 valence electrons. The zero-order valence-corrected chi connectivity index (χ0v) is 16.2. The third-order valence-corrected chi connectivity index (χ3v) is 6.14. The van der Waals surface area contributed by atoms with Gasteiger partial charge in [-0.05, 0) is 41.5 Å². The van der Waals surface area contributed by atoms with Gasteiger partial charge in [0.05, 0.1) is 6.04 Å². The first-order valence-corrected chi connectivity index (χ1v) is 9.60. The van der Waals surface area contributed by atoms with Gasteiger partial charge in [0.15, 0.2) is 5.11 Å². The van der Waals surface area contributed by atoms with Crippen LogP contribution in [0.25, 0.3) is 10.9 Å². The van der Waals surface area contributed by atoms with Crippen molar-refractivity contribution in [2.45, 2.75) is 25.1 Å². The Kier molecular flexibility index (Phi) is 4.06. The van der Waals surface area contributed by atoms with Gasteiger partial charge in [0, 0.05) is 30.1 Å². The number of hydrogen-bond acceptors (Lipinski definition) is 3. The molecule has 29 heavy (non-hydrogen) atoms. The van der Waals surface area contributed by atoms with Gasteiger partial charge < -0.3 is 14.6 Å². The summed E-state index contributed by atoms with van der Waals surface area (Å²) < 4.78 is 30.1. The fourth-order valence-corrected chi connectivity index (χ4v) is 4.74. The number of rotatable bonds is 3. The summed E-state index contributed by atoms with van der Waals surface area (Å²) in [6.07, 6.45) is 0.534. The Balaban J connectivity index is 1.71. The van der Waals surface area contributed by atoms with Crippen molar-refractivity contribution in [3.8, 4) is 5.75 Å². The molecule has 0 unspecified atom stereocenters. The van der Waals surface area contributed by atoms with Crippen molar-refractivity contribution in [2.75, 3.05) is 7.05 Å². The van der Waals surface area contributed by atoms with Gasteiger partial charge in [0.2, 0.25) is 0 Å². The number of likely N-dealkylation sites (N-methyl/N-ethyl adjacent to an activating group) is 1. The predicted octanol–water partition coefficient (Wildman–Crippen LogP) is 3.84. The van der Waals surface area contributed by atoms with Gasteiger partial charge >= 0.3 is 6.61 Å². The zero-order chi connectivity index (χ0) is 20.3. The average Bonchev–Trinajstić information content (AvgIpc) is 3.17. The van der Waals surface area contributed by atoms with E-state index in [-0.39, 0.29) is 11.7 Å². The Morgan fingerprint density at radius 2 is 2.00 bits per heavy atom. The molecule has 2 atom stereocenters. The van der Waals surface area contributed by atoms with Crippen LogP contribution in [0.2, 0.25) is 0 Å². The first-order chi connectivity index (χ1) is 14.0. The molecule has 0 bridgehead atoms. The number of aromatic amines is 1. The topological polar surface area (TPSA) is 48.6 Å². The lowest BCUT2D eigenvalue weighted by Crippen LogP contribution is -2.44. The fraction of sp³-hybridized carbons (Fsp3) is 0.238. The average molecular weight is 413 g/mol. The first kappa shape index (κ1) is 18.1. The maximum absolute atomic E-state index is 12.9. The van der Waals surface area contributed by atoms with E-state index >= 15 is 0 Å². The Hall–Kier alpha value is -3.00. The summed E-state index contributed by atoms with van der Waals surface area (Å²) in [4.78, 5) is 19.7. The molecule has 3 aromatic rings. The number of ether oxygens (including phenoxy) is 1. The second kappa shape index (κ2) is 6.52. The number of nitrogens with zero attached hydrogens (tertiary/aromatic N) is 2. The highest BCUT2D eigenvalue weighted by molar-refractivity contribution is 7.80. The van der Waals surface area contributed by atoms with E-state index in [1.807, 2.05) is 35.2 Å². The Morgan fingerprint density at radius 1 is 1.21 bits per heavy atom. The van der Waals surface area contributed by atoms with Crippen molar-refractivity contribution < 1.29 is 18.3 Å². The largest absolute Gasteiger partial charge is 0.435 e. The van der Waals surface area contributed by atoms with E-state index in [1.165, 1.54) is 11.0 Å². The number of fused-ring (bicyclic) bond motifs is 4. The van der Waals surface area contributed by atoms with Crippen LogP contribution in [0.5, 0.6) is 5.75 Å². The number of H-pyrrole nitrogens is 1. The molecule has 2 aromatic carbocycles. The van der Waals surface area contributed by atoms with E-state index in [0.29, 0.717) is 11.5 Å². The molecule has 1 saturated heterocycles. The van der Waals surface area contributed by atoms with Crippen molar-refractivity contribution in [2.24, 2.45) is 0 Å². The number of carbonyl (C=O) groups is 1. The van der Waals surface area contributed by atoms with Crippen molar-refractivity contribution in [3.63, 3.8) is 0 Å². The minimum absolute atomic E-state index is 0.0593. The van der Waals surface area contributed by atoms with Gasteiger partial charge in [-0.1, -0.05) is 30.3 Å². The number of halogens is 2. The van der Waals surface area contributed by atoms with Crippen LogP contribution in [0.15, 0.2) is 48.5 Å². The normalized spacial score (nSPS) is 21.1. The van der Waals surface area contributed by atoms with Crippen LogP contribution in [0, 0.1) is 0 Å². The third kappa shape index (κ3) is 2.70. The smallest absolute Gasteiger partial charge is 0.387 e. The van der Waals surface area contributed by atoms with Gasteiger partial charge in [0.1, 0.15) is 11.8 Å². The number of carbonyl (C=O) groups excluding carboxylic acids is 1. The monoisotopic (exact) mass is 413 g/mol. The lowest BCUT2D eigenvalue weighted by Gasteiger charge is -2.37. The maximum atomic E-state index is 12.9. The summed E-state index contributed by atoms with van der Waals surface area (Å²) in [5.74, 6) is 0.0120. The van der Waals surface area contributed by atoms with E-state index in [1.54, 1.807) is 19.2 Å². The van der Waals surface area contributed by atoms with Gasteiger partial charge in [0.25, 0.3) is 5.91 Å². The molecule has 5 nitrogen and oxygen atoms in total. The van der Waals surface area contributed by atoms with Crippen LogP contribution in [-0.4, -0.2) is 45.5 Å². The van der Waals surface area contributed by atoms with Crippen LogP contribution in [0.3, 0.4) is 0 Å². The summed E-state index contributed by atoms with van der Waals surface area (Å²) in [7, 11) is 1.67. The number of para-hydroxylation sites is 1. The van der Waals surface area contributed by atoms with Gasteiger partial charge in [-0.3, -0.25) is 9.69 Å². The summed E-state index contributed by atoms with van der Waals surface area (Å²) in [5.41, 5.74) is 3.67.